The van der Waals surface area contributed by atoms with Gasteiger partial charge >= 0.3 is 5.69 Å². The van der Waals surface area contributed by atoms with Crippen molar-refractivity contribution in [3.8, 4) is 5.75 Å². The largest absolute Gasteiger partial charge is 0.488 e. The first-order chi connectivity index (χ1) is 12.7. The van der Waals surface area contributed by atoms with E-state index in [9.17, 15) is 9.59 Å². The van der Waals surface area contributed by atoms with E-state index in [2.05, 4.69) is 5.32 Å². The van der Waals surface area contributed by atoms with Gasteiger partial charge in [-0.1, -0.05) is 30.3 Å². The van der Waals surface area contributed by atoms with Crippen LogP contribution in [0.4, 0.5) is 0 Å². The van der Waals surface area contributed by atoms with E-state index in [1.165, 1.54) is 4.57 Å². The van der Waals surface area contributed by atoms with Crippen LogP contribution in [0.2, 0.25) is 0 Å². The van der Waals surface area contributed by atoms with E-state index in [1.807, 2.05) is 55.5 Å². The quantitative estimate of drug-likeness (QED) is 0.764. The van der Waals surface area contributed by atoms with E-state index >= 15 is 0 Å². The lowest BCUT2D eigenvalue weighted by atomic mass is 10.1. The van der Waals surface area contributed by atoms with Crippen molar-refractivity contribution < 1.29 is 9.53 Å². The smallest absolute Gasteiger partial charge is 0.329 e. The summed E-state index contributed by atoms with van der Waals surface area (Å²) in [6, 6.07) is 15.4. The Hall–Kier alpha value is -3.02. The molecule has 0 fully saturated rings. The normalized spacial score (nSPS) is 15.7. The highest BCUT2D eigenvalue weighted by molar-refractivity contribution is 5.81. The minimum Gasteiger partial charge on any atom is -0.488 e. The summed E-state index contributed by atoms with van der Waals surface area (Å²) in [5.41, 5.74) is 2.63. The van der Waals surface area contributed by atoms with Crippen molar-refractivity contribution in [2.24, 2.45) is 0 Å². The average molecular weight is 351 g/mol. The third-order valence-corrected chi connectivity index (χ3v) is 4.78. The first-order valence-electron chi connectivity index (χ1n) is 8.86. The van der Waals surface area contributed by atoms with Crippen LogP contribution in [0.1, 0.15) is 12.5 Å². The van der Waals surface area contributed by atoms with Crippen molar-refractivity contribution in [2.45, 2.75) is 32.5 Å². The zero-order valence-corrected chi connectivity index (χ0v) is 14.6. The molecule has 0 aliphatic carbocycles. The van der Waals surface area contributed by atoms with Gasteiger partial charge in [-0.05, 0) is 30.7 Å². The molecule has 26 heavy (non-hydrogen) atoms. The maximum atomic E-state index is 12.6. The molecule has 3 aromatic rings. The molecular weight excluding hydrogens is 330 g/mol. The van der Waals surface area contributed by atoms with Gasteiger partial charge in [0.15, 0.2) is 0 Å². The number of ether oxygens (including phenoxy) is 1. The number of nitrogens with zero attached hydrogens (tertiary/aromatic N) is 2. The second kappa shape index (κ2) is 6.71. The van der Waals surface area contributed by atoms with Crippen molar-refractivity contribution in [1.29, 1.82) is 0 Å². The number of carbonyl (C=O) groups excluding carboxylic acids is 1. The number of imidazole rings is 1. The first kappa shape index (κ1) is 16.4. The van der Waals surface area contributed by atoms with Gasteiger partial charge in [-0.15, -0.1) is 0 Å². The Morgan fingerprint density at radius 1 is 1.12 bits per heavy atom. The zero-order valence-electron chi connectivity index (χ0n) is 14.6. The summed E-state index contributed by atoms with van der Waals surface area (Å²) in [5.74, 6) is 0.694. The molecule has 1 unspecified atom stereocenters. The summed E-state index contributed by atoms with van der Waals surface area (Å²) in [5, 5.41) is 2.89. The van der Waals surface area contributed by atoms with Gasteiger partial charge in [0, 0.05) is 13.0 Å². The van der Waals surface area contributed by atoms with Crippen LogP contribution in [-0.4, -0.2) is 27.7 Å². The molecule has 134 valence electrons. The topological polar surface area (TPSA) is 65.3 Å². The molecule has 1 aliphatic heterocycles. The van der Waals surface area contributed by atoms with Gasteiger partial charge < -0.3 is 10.1 Å². The summed E-state index contributed by atoms with van der Waals surface area (Å²) in [7, 11) is 0. The highest BCUT2D eigenvalue weighted by atomic mass is 16.5. The number of amides is 1. The van der Waals surface area contributed by atoms with E-state index in [1.54, 1.807) is 4.57 Å². The Balaban J connectivity index is 1.44. The molecule has 0 radical (unpaired) electrons. The van der Waals surface area contributed by atoms with Gasteiger partial charge in [-0.25, -0.2) is 4.79 Å². The molecule has 2 heterocycles. The average Bonchev–Trinajstić information content (AvgIpc) is 3.19. The number of aromatic nitrogens is 2. The molecule has 2 aromatic carbocycles. The Bertz CT molecular complexity index is 994. The monoisotopic (exact) mass is 351 g/mol. The molecule has 6 heteroatoms. The zero-order chi connectivity index (χ0) is 18.1. The Morgan fingerprint density at radius 3 is 2.54 bits per heavy atom. The van der Waals surface area contributed by atoms with E-state index in [-0.39, 0.29) is 24.2 Å². The predicted molar refractivity (Wildman–Crippen MR) is 99.4 cm³/mol. The van der Waals surface area contributed by atoms with Crippen LogP contribution >= 0.6 is 0 Å². The van der Waals surface area contributed by atoms with Crippen molar-refractivity contribution >= 4 is 16.9 Å². The fraction of sp³-hybridized carbons (Fsp3) is 0.300. The summed E-state index contributed by atoms with van der Waals surface area (Å²) in [6.07, 6.45) is 0.719. The standard InChI is InChI=1S/C20H21N3O3/c1-2-22-16-8-4-5-9-17(16)23(20(22)25)13-19(24)21-12-15-11-14-7-3-6-10-18(14)26-15/h3-10,15H,2,11-13H2,1H3,(H,21,24). The lowest BCUT2D eigenvalue weighted by molar-refractivity contribution is -0.122. The number of hydrogen-bond acceptors (Lipinski definition) is 3. The number of hydrogen-bond donors (Lipinski definition) is 1. The number of carbonyl (C=O) groups is 1. The maximum Gasteiger partial charge on any atom is 0.329 e. The minimum absolute atomic E-state index is 0.00597. The van der Waals surface area contributed by atoms with Crippen molar-refractivity contribution in [2.75, 3.05) is 6.54 Å². The molecule has 0 saturated carbocycles. The molecule has 0 spiro atoms. The van der Waals surface area contributed by atoms with Gasteiger partial charge in [0.2, 0.25) is 5.91 Å². The van der Waals surface area contributed by atoms with Crippen LogP contribution < -0.4 is 15.7 Å². The lowest BCUT2D eigenvalue weighted by Gasteiger charge is -2.12. The molecule has 0 saturated heterocycles. The number of benzene rings is 2. The molecule has 1 atom stereocenters. The molecule has 1 N–H and O–H groups in total. The van der Waals surface area contributed by atoms with Gasteiger partial charge in [-0.3, -0.25) is 13.9 Å². The van der Waals surface area contributed by atoms with E-state index < -0.39 is 0 Å². The van der Waals surface area contributed by atoms with Gasteiger partial charge in [0.25, 0.3) is 0 Å². The minimum atomic E-state index is -0.189. The van der Waals surface area contributed by atoms with E-state index in [4.69, 9.17) is 4.74 Å². The second-order valence-corrected chi connectivity index (χ2v) is 6.46. The van der Waals surface area contributed by atoms with E-state index in [0.29, 0.717) is 13.1 Å². The molecule has 1 amide bonds. The van der Waals surface area contributed by atoms with Gasteiger partial charge in [-0.2, -0.15) is 0 Å². The predicted octanol–water partition coefficient (Wildman–Crippen LogP) is 1.94. The summed E-state index contributed by atoms with van der Waals surface area (Å²) < 4.78 is 9.04. The second-order valence-electron chi connectivity index (χ2n) is 6.46. The summed E-state index contributed by atoms with van der Waals surface area (Å²) in [6.45, 7) is 2.93. The highest BCUT2D eigenvalue weighted by Crippen LogP contribution is 2.27. The first-order valence-corrected chi connectivity index (χ1v) is 8.86. The van der Waals surface area contributed by atoms with Crippen LogP contribution in [0.3, 0.4) is 0 Å². The van der Waals surface area contributed by atoms with Crippen LogP contribution in [-0.2, 0) is 24.3 Å². The number of para-hydroxylation sites is 3. The van der Waals surface area contributed by atoms with Crippen molar-refractivity contribution in [1.82, 2.24) is 14.5 Å². The van der Waals surface area contributed by atoms with Crippen LogP contribution in [0.15, 0.2) is 53.3 Å². The summed E-state index contributed by atoms with van der Waals surface area (Å²) >= 11 is 0. The van der Waals surface area contributed by atoms with Crippen LogP contribution in [0, 0.1) is 0 Å². The Labute approximate surface area is 151 Å². The van der Waals surface area contributed by atoms with Crippen LogP contribution in [0.5, 0.6) is 5.75 Å². The van der Waals surface area contributed by atoms with Crippen molar-refractivity contribution in [3.05, 3.63) is 64.6 Å². The SMILES string of the molecule is CCn1c(=O)n(CC(=O)NCC2Cc3ccccc3O2)c2ccccc21. The number of aryl methyl sites for hydroxylation is 1. The third kappa shape index (κ3) is 2.87. The number of fused-ring (bicyclic) bond motifs is 2. The molecule has 1 aromatic heterocycles. The molecule has 1 aliphatic rings. The molecule has 0 bridgehead atoms. The summed E-state index contributed by atoms with van der Waals surface area (Å²) in [4.78, 5) is 25.0. The molecule has 4 rings (SSSR count). The van der Waals surface area contributed by atoms with Gasteiger partial charge in [0.05, 0.1) is 17.6 Å². The Morgan fingerprint density at radius 2 is 1.81 bits per heavy atom. The van der Waals surface area contributed by atoms with Crippen LogP contribution in [0.25, 0.3) is 11.0 Å². The maximum absolute atomic E-state index is 12.6. The highest BCUT2D eigenvalue weighted by Gasteiger charge is 2.23. The third-order valence-electron chi connectivity index (χ3n) is 4.78. The van der Waals surface area contributed by atoms with Gasteiger partial charge in [0.1, 0.15) is 18.4 Å². The fourth-order valence-corrected chi connectivity index (χ4v) is 3.53. The van der Waals surface area contributed by atoms with E-state index in [0.717, 1.165) is 28.8 Å². The fourth-order valence-electron chi connectivity index (χ4n) is 3.53. The molecular formula is C20H21N3O3. The lowest BCUT2D eigenvalue weighted by Crippen LogP contribution is -2.38. The molecule has 6 nitrogen and oxygen atoms in total. The number of rotatable bonds is 5. The Kier molecular flexibility index (Phi) is 4.24. The number of nitrogens with one attached hydrogen (secondary N) is 1. The van der Waals surface area contributed by atoms with Crippen molar-refractivity contribution in [3.63, 3.8) is 0 Å².